The average molecular weight is 391 g/mol. The van der Waals surface area contributed by atoms with E-state index >= 15 is 0 Å². The van der Waals surface area contributed by atoms with Crippen molar-refractivity contribution in [3.63, 3.8) is 0 Å². The highest BCUT2D eigenvalue weighted by atomic mass is 79.9. The average Bonchev–Trinajstić information content (AvgIpc) is 2.95. The van der Waals surface area contributed by atoms with Crippen molar-refractivity contribution < 1.29 is 9.18 Å². The second-order valence-electron chi connectivity index (χ2n) is 4.83. The number of carbonyl (C=O) groups is 1. The fourth-order valence-electron chi connectivity index (χ4n) is 2.00. The number of anilines is 1. The Morgan fingerprint density at radius 1 is 1.48 bits per heavy atom. The second-order valence-corrected chi connectivity index (χ2v) is 7.72. The molecule has 0 saturated carbocycles. The zero-order valence-electron chi connectivity index (χ0n) is 11.6. The van der Waals surface area contributed by atoms with E-state index in [0.29, 0.717) is 4.47 Å². The molecule has 0 radical (unpaired) electrons. The lowest BCUT2D eigenvalue weighted by Gasteiger charge is -2.20. The zero-order chi connectivity index (χ0) is 15.4. The van der Waals surface area contributed by atoms with Crippen LogP contribution in [-0.2, 0) is 4.79 Å². The van der Waals surface area contributed by atoms with E-state index < -0.39 is 5.82 Å². The van der Waals surface area contributed by atoms with Gasteiger partial charge in [0.2, 0.25) is 5.91 Å². The number of rotatable bonds is 3. The minimum atomic E-state index is -0.461. The second kappa shape index (κ2) is 7.56. The maximum Gasteiger partial charge on any atom is 0.237 e. The number of halogens is 2. The number of hydrogen-bond donors (Lipinski definition) is 1. The fourth-order valence-corrected chi connectivity index (χ4v) is 3.75. The third-order valence-electron chi connectivity index (χ3n) is 3.20. The van der Waals surface area contributed by atoms with Gasteiger partial charge in [0, 0.05) is 17.6 Å². The molecule has 1 aromatic carbocycles. The van der Waals surface area contributed by atoms with Gasteiger partial charge in [0.1, 0.15) is 10.1 Å². The van der Waals surface area contributed by atoms with E-state index in [1.807, 2.05) is 0 Å². The quantitative estimate of drug-likeness (QED) is 0.789. The topological polar surface area (TPSA) is 32.3 Å². The Morgan fingerprint density at radius 2 is 2.14 bits per heavy atom. The molecule has 0 aliphatic carbocycles. The van der Waals surface area contributed by atoms with Crippen molar-refractivity contribution in [2.24, 2.45) is 0 Å². The van der Waals surface area contributed by atoms with E-state index in [1.165, 1.54) is 23.9 Å². The fraction of sp³-hybridized carbons (Fsp3) is 0.429. The molecule has 0 spiro atoms. The normalized spacial score (nSPS) is 15.9. The maximum absolute atomic E-state index is 13.7. The van der Waals surface area contributed by atoms with Crippen molar-refractivity contribution in [1.29, 1.82) is 0 Å². The van der Waals surface area contributed by atoms with Gasteiger partial charge in [0.15, 0.2) is 0 Å². The van der Waals surface area contributed by atoms with Gasteiger partial charge in [0.05, 0.1) is 10.9 Å². The van der Waals surface area contributed by atoms with E-state index in [9.17, 15) is 9.18 Å². The predicted octanol–water partition coefficient (Wildman–Crippen LogP) is 4.03. The van der Waals surface area contributed by atoms with Crippen LogP contribution in [0, 0.1) is 5.82 Å². The number of likely N-dealkylation sites (tertiary alicyclic amines) is 1. The highest BCUT2D eigenvalue weighted by molar-refractivity contribution is 9.10. The van der Waals surface area contributed by atoms with Gasteiger partial charge in [-0.25, -0.2) is 4.39 Å². The lowest BCUT2D eigenvalue weighted by molar-refractivity contribution is -0.115. The molecule has 0 unspecified atom stereocenters. The Balaban J connectivity index is 1.91. The van der Waals surface area contributed by atoms with Gasteiger partial charge in [-0.15, -0.1) is 0 Å². The highest BCUT2D eigenvalue weighted by Gasteiger charge is 2.22. The molecule has 21 heavy (non-hydrogen) atoms. The molecule has 1 heterocycles. The monoisotopic (exact) mass is 390 g/mol. The number of carbonyl (C=O) groups excluding carboxylic acids is 1. The molecule has 1 amide bonds. The van der Waals surface area contributed by atoms with Gasteiger partial charge in [-0.2, -0.15) is 0 Å². The van der Waals surface area contributed by atoms with E-state index in [1.54, 1.807) is 13.0 Å². The SMILES string of the molecule is C[C@H](SC(=S)N1CCCC1)C(=O)Nc1ccc(Br)cc1F. The third kappa shape index (κ3) is 4.66. The number of hydrogen-bond acceptors (Lipinski definition) is 3. The van der Waals surface area contributed by atoms with Crippen molar-refractivity contribution in [3.8, 4) is 0 Å². The van der Waals surface area contributed by atoms with Crippen molar-refractivity contribution in [2.75, 3.05) is 18.4 Å². The van der Waals surface area contributed by atoms with Crippen LogP contribution in [-0.4, -0.2) is 33.5 Å². The summed E-state index contributed by atoms with van der Waals surface area (Å²) < 4.78 is 15.1. The van der Waals surface area contributed by atoms with Gasteiger partial charge in [-0.3, -0.25) is 4.79 Å². The Kier molecular flexibility index (Phi) is 6.01. The van der Waals surface area contributed by atoms with E-state index in [2.05, 4.69) is 26.1 Å². The summed E-state index contributed by atoms with van der Waals surface area (Å²) in [7, 11) is 0. The first-order valence-corrected chi connectivity index (χ1v) is 8.77. The number of benzene rings is 1. The Hall–Kier alpha value is -0.660. The Bertz CT molecular complexity index is 550. The number of nitrogens with zero attached hydrogens (tertiary/aromatic N) is 1. The van der Waals surface area contributed by atoms with Gasteiger partial charge in [-0.1, -0.05) is 39.9 Å². The minimum absolute atomic E-state index is 0.183. The standard InChI is InChI=1S/C14H16BrFN2OS2/c1-9(21-14(20)18-6-2-3-7-18)13(19)17-12-5-4-10(15)8-11(12)16/h4-5,8-9H,2-3,6-7H2,1H3,(H,17,19)/t9-/m0/s1. The van der Waals surface area contributed by atoms with Crippen molar-refractivity contribution in [1.82, 2.24) is 4.90 Å². The molecule has 0 bridgehead atoms. The van der Waals surface area contributed by atoms with E-state index in [0.717, 1.165) is 30.3 Å². The van der Waals surface area contributed by atoms with Crippen LogP contribution in [0.5, 0.6) is 0 Å². The molecule has 3 nitrogen and oxygen atoms in total. The van der Waals surface area contributed by atoms with Crippen LogP contribution >= 0.6 is 39.9 Å². The number of nitrogens with one attached hydrogen (secondary N) is 1. The van der Waals surface area contributed by atoms with Crippen LogP contribution in [0.3, 0.4) is 0 Å². The minimum Gasteiger partial charge on any atom is -0.358 e. The summed E-state index contributed by atoms with van der Waals surface area (Å²) in [4.78, 5) is 14.2. The summed E-state index contributed by atoms with van der Waals surface area (Å²) in [5, 5.41) is 2.24. The molecule has 114 valence electrons. The highest BCUT2D eigenvalue weighted by Crippen LogP contribution is 2.23. The first-order valence-electron chi connectivity index (χ1n) is 6.69. The van der Waals surface area contributed by atoms with Crippen LogP contribution in [0.4, 0.5) is 10.1 Å². The van der Waals surface area contributed by atoms with Gasteiger partial charge in [0.25, 0.3) is 0 Å². The zero-order valence-corrected chi connectivity index (χ0v) is 14.8. The van der Waals surface area contributed by atoms with E-state index in [4.69, 9.17) is 12.2 Å². The molecule has 7 heteroatoms. The lowest BCUT2D eigenvalue weighted by atomic mass is 10.3. The van der Waals surface area contributed by atoms with Crippen LogP contribution in [0.2, 0.25) is 0 Å². The molecule has 1 atom stereocenters. The number of thioether (sulfide) groups is 1. The molecule has 1 aliphatic heterocycles. The predicted molar refractivity (Wildman–Crippen MR) is 93.2 cm³/mol. The summed E-state index contributed by atoms with van der Waals surface area (Å²) in [6.07, 6.45) is 2.29. The smallest absolute Gasteiger partial charge is 0.237 e. The van der Waals surface area contributed by atoms with Crippen LogP contribution < -0.4 is 5.32 Å². The van der Waals surface area contributed by atoms with Crippen LogP contribution in [0.1, 0.15) is 19.8 Å². The van der Waals surface area contributed by atoms with Gasteiger partial charge in [-0.05, 0) is 38.0 Å². The summed E-state index contributed by atoms with van der Waals surface area (Å²) in [6, 6.07) is 4.54. The molecule has 1 fully saturated rings. The molecule has 1 saturated heterocycles. The molecule has 2 rings (SSSR count). The molecular weight excluding hydrogens is 375 g/mol. The maximum atomic E-state index is 13.7. The van der Waals surface area contributed by atoms with Crippen LogP contribution in [0.15, 0.2) is 22.7 Å². The third-order valence-corrected chi connectivity index (χ3v) is 5.27. The van der Waals surface area contributed by atoms with Crippen LogP contribution in [0.25, 0.3) is 0 Å². The first kappa shape index (κ1) is 16.7. The summed E-state index contributed by atoms with van der Waals surface area (Å²) in [6.45, 7) is 3.70. The first-order chi connectivity index (χ1) is 9.97. The van der Waals surface area contributed by atoms with Gasteiger partial charge < -0.3 is 10.2 Å². The van der Waals surface area contributed by atoms with Crippen molar-refractivity contribution >= 4 is 55.8 Å². The molecular formula is C14H16BrFN2OS2. The van der Waals surface area contributed by atoms with Crippen molar-refractivity contribution in [2.45, 2.75) is 25.0 Å². The number of thiocarbonyl (C=S) groups is 1. The lowest BCUT2D eigenvalue weighted by Crippen LogP contribution is -2.29. The van der Waals surface area contributed by atoms with Crippen molar-refractivity contribution in [3.05, 3.63) is 28.5 Å². The molecule has 1 N–H and O–H groups in total. The molecule has 1 aromatic rings. The summed E-state index contributed by atoms with van der Waals surface area (Å²) >= 11 is 9.87. The van der Waals surface area contributed by atoms with E-state index in [-0.39, 0.29) is 16.8 Å². The summed E-state index contributed by atoms with van der Waals surface area (Å²) in [5.74, 6) is -0.709. The Labute approximate surface area is 141 Å². The Morgan fingerprint density at radius 3 is 2.76 bits per heavy atom. The molecule has 0 aromatic heterocycles. The molecule has 1 aliphatic rings. The van der Waals surface area contributed by atoms with Gasteiger partial charge >= 0.3 is 0 Å². The largest absolute Gasteiger partial charge is 0.358 e. The number of amides is 1. The summed E-state index contributed by atoms with van der Waals surface area (Å²) in [5.41, 5.74) is 0.183.